The highest BCUT2D eigenvalue weighted by Gasteiger charge is 2.32. The number of aliphatic imine (C=N–C) groups is 1. The summed E-state index contributed by atoms with van der Waals surface area (Å²) >= 11 is 8.95. The average Bonchev–Trinajstić information content (AvgIpc) is 3.48. The fraction of sp³-hybridized carbons (Fsp3) is 0.192. The molecule has 1 atom stereocenters. The molecule has 6 rings (SSSR count). The number of nitrogens with zero attached hydrogens (tertiary/aromatic N) is 5. The van der Waals surface area contributed by atoms with Gasteiger partial charge in [-0.05, 0) is 50.6 Å². The van der Waals surface area contributed by atoms with Crippen molar-refractivity contribution < 1.29 is 14.6 Å². The molecule has 186 valence electrons. The number of thiazole rings is 1. The number of benzene rings is 2. The number of carbonyl (C=O) groups excluding carboxylic acids is 1. The second-order valence-electron chi connectivity index (χ2n) is 8.71. The second kappa shape index (κ2) is 9.05. The number of hydrogen-bond donors (Lipinski definition) is 1. The summed E-state index contributed by atoms with van der Waals surface area (Å²) in [5.41, 5.74) is 4.44. The lowest BCUT2D eigenvalue weighted by Gasteiger charge is -2.12. The highest BCUT2D eigenvalue weighted by atomic mass is 35.5. The van der Waals surface area contributed by atoms with Gasteiger partial charge in [0, 0.05) is 27.1 Å². The van der Waals surface area contributed by atoms with Crippen LogP contribution >= 0.6 is 34.3 Å². The Morgan fingerprint density at radius 2 is 1.89 bits per heavy atom. The molecule has 1 aliphatic heterocycles. The molecule has 5 aromatic rings. The largest absolute Gasteiger partial charge is 0.486 e. The molecule has 0 amide bonds. The smallest absolute Gasteiger partial charge is 0.313 e. The maximum atomic E-state index is 13.1. The van der Waals surface area contributed by atoms with Gasteiger partial charge in [0.25, 0.3) is 5.19 Å². The molecule has 0 aliphatic carbocycles. The van der Waals surface area contributed by atoms with Crippen LogP contribution in [0, 0.1) is 20.8 Å². The van der Waals surface area contributed by atoms with Crippen molar-refractivity contribution in [3.63, 3.8) is 0 Å². The van der Waals surface area contributed by atoms with E-state index in [1.165, 1.54) is 4.88 Å². The van der Waals surface area contributed by atoms with E-state index in [0.29, 0.717) is 22.1 Å². The number of aromatic hydroxyl groups is 1. The van der Waals surface area contributed by atoms with Crippen LogP contribution in [-0.4, -0.2) is 36.5 Å². The summed E-state index contributed by atoms with van der Waals surface area (Å²) in [6.07, 6.45) is -0.0336. The van der Waals surface area contributed by atoms with Crippen LogP contribution in [0.15, 0.2) is 47.5 Å². The number of esters is 1. The maximum Gasteiger partial charge on any atom is 0.313 e. The Bertz CT molecular complexity index is 1720. The van der Waals surface area contributed by atoms with E-state index in [1.54, 1.807) is 29.5 Å². The molecule has 11 heteroatoms. The minimum absolute atomic E-state index is 0.0336. The average molecular weight is 550 g/mol. The summed E-state index contributed by atoms with van der Waals surface area (Å²) < 4.78 is 8.40. The standard InChI is InChI=1S/C26H20ClN5O3S2/c1-12-13(2)36-25-22(12)23(15-4-6-16(27)7-5-15)28-19(24-31-30-14(3)32(24)25)11-21(33)35-17-8-9-18-20(10-17)37-26(34)29-18/h4-10,19H,11H2,1-3H3,(H,29,34)/t19-/m0/s1. The summed E-state index contributed by atoms with van der Waals surface area (Å²) in [6.45, 7) is 6.06. The molecule has 37 heavy (non-hydrogen) atoms. The molecule has 3 aromatic heterocycles. The molecule has 4 heterocycles. The Hall–Kier alpha value is -3.60. The number of rotatable bonds is 4. The Morgan fingerprint density at radius 3 is 2.68 bits per heavy atom. The zero-order valence-corrected chi connectivity index (χ0v) is 22.4. The summed E-state index contributed by atoms with van der Waals surface area (Å²) in [6, 6.07) is 12.0. The van der Waals surface area contributed by atoms with Crippen LogP contribution in [0.1, 0.15) is 45.7 Å². The fourth-order valence-electron chi connectivity index (χ4n) is 4.42. The lowest BCUT2D eigenvalue weighted by Crippen LogP contribution is -2.15. The van der Waals surface area contributed by atoms with Crippen molar-refractivity contribution >= 4 is 56.2 Å². The number of fused-ring (bicyclic) bond motifs is 4. The van der Waals surface area contributed by atoms with Gasteiger partial charge >= 0.3 is 5.97 Å². The minimum Gasteiger partial charge on any atom is -0.486 e. The number of ether oxygens (including phenoxy) is 1. The number of thiophene rings is 1. The maximum absolute atomic E-state index is 13.1. The molecule has 1 aliphatic rings. The van der Waals surface area contributed by atoms with Gasteiger partial charge in [0.15, 0.2) is 5.82 Å². The zero-order chi connectivity index (χ0) is 25.8. The van der Waals surface area contributed by atoms with Crippen LogP contribution in [0.4, 0.5) is 0 Å². The summed E-state index contributed by atoms with van der Waals surface area (Å²) in [5.74, 6) is 1.23. The highest BCUT2D eigenvalue weighted by Crippen LogP contribution is 2.40. The first-order valence-electron chi connectivity index (χ1n) is 11.4. The van der Waals surface area contributed by atoms with Crippen molar-refractivity contribution in [2.24, 2.45) is 4.99 Å². The number of aryl methyl sites for hydroxylation is 2. The predicted octanol–water partition coefficient (Wildman–Crippen LogP) is 6.11. The molecule has 0 fully saturated rings. The molecule has 0 spiro atoms. The third-order valence-electron chi connectivity index (χ3n) is 6.30. The first kappa shape index (κ1) is 23.8. The van der Waals surface area contributed by atoms with E-state index in [0.717, 1.165) is 49.3 Å². The lowest BCUT2D eigenvalue weighted by molar-refractivity contribution is -0.134. The fourth-order valence-corrected chi connectivity index (χ4v) is 6.49. The van der Waals surface area contributed by atoms with E-state index in [1.807, 2.05) is 35.8 Å². The number of aromatic nitrogens is 4. The molecule has 2 aromatic carbocycles. The molecular formula is C26H20ClN5O3S2. The summed E-state index contributed by atoms with van der Waals surface area (Å²) in [5, 5.41) is 20.0. The Morgan fingerprint density at radius 1 is 1.11 bits per heavy atom. The van der Waals surface area contributed by atoms with Gasteiger partial charge in [-0.3, -0.25) is 14.4 Å². The van der Waals surface area contributed by atoms with Crippen LogP contribution in [0.5, 0.6) is 10.9 Å². The first-order chi connectivity index (χ1) is 17.8. The van der Waals surface area contributed by atoms with Crippen LogP contribution in [0.25, 0.3) is 15.2 Å². The van der Waals surface area contributed by atoms with E-state index in [-0.39, 0.29) is 11.6 Å². The molecule has 8 nitrogen and oxygen atoms in total. The Balaban J connectivity index is 1.41. The molecule has 0 bridgehead atoms. The van der Waals surface area contributed by atoms with Gasteiger partial charge in [-0.1, -0.05) is 35.1 Å². The quantitative estimate of drug-likeness (QED) is 0.214. The third kappa shape index (κ3) is 4.20. The Kier molecular flexibility index (Phi) is 5.82. The second-order valence-corrected chi connectivity index (χ2v) is 11.4. The highest BCUT2D eigenvalue weighted by molar-refractivity contribution is 7.20. The van der Waals surface area contributed by atoms with E-state index in [9.17, 15) is 9.90 Å². The van der Waals surface area contributed by atoms with E-state index < -0.39 is 12.0 Å². The van der Waals surface area contributed by atoms with Gasteiger partial charge in [0.2, 0.25) is 0 Å². The molecule has 0 saturated carbocycles. The van der Waals surface area contributed by atoms with Crippen LogP contribution in [0.2, 0.25) is 5.02 Å². The molecule has 0 saturated heterocycles. The molecule has 0 unspecified atom stereocenters. The SMILES string of the molecule is Cc1sc2c(c1C)C(c1ccc(Cl)cc1)=N[C@@H](CC(=O)Oc1ccc3nc(O)sc3c1)c1nnc(C)n1-2. The number of halogens is 1. The van der Waals surface area contributed by atoms with Crippen molar-refractivity contribution in [2.75, 3.05) is 0 Å². The van der Waals surface area contributed by atoms with E-state index in [4.69, 9.17) is 21.3 Å². The third-order valence-corrected chi connectivity index (χ3v) is 8.56. The van der Waals surface area contributed by atoms with E-state index >= 15 is 0 Å². The summed E-state index contributed by atoms with van der Waals surface area (Å²) in [4.78, 5) is 23.4. The van der Waals surface area contributed by atoms with Crippen LogP contribution in [0.3, 0.4) is 0 Å². The van der Waals surface area contributed by atoms with Crippen molar-refractivity contribution in [1.29, 1.82) is 0 Å². The van der Waals surface area contributed by atoms with Gasteiger partial charge in [-0.2, -0.15) is 0 Å². The molecule has 0 radical (unpaired) electrons. The van der Waals surface area contributed by atoms with Crippen LogP contribution < -0.4 is 4.74 Å². The predicted molar refractivity (Wildman–Crippen MR) is 145 cm³/mol. The van der Waals surface area contributed by atoms with Crippen molar-refractivity contribution in [3.8, 4) is 15.9 Å². The monoisotopic (exact) mass is 549 g/mol. The van der Waals surface area contributed by atoms with Gasteiger partial charge in [-0.15, -0.1) is 21.5 Å². The van der Waals surface area contributed by atoms with Crippen molar-refractivity contribution in [3.05, 3.63) is 80.7 Å². The van der Waals surface area contributed by atoms with Gasteiger partial charge in [0.05, 0.1) is 22.3 Å². The topological polar surface area (TPSA) is 102 Å². The summed E-state index contributed by atoms with van der Waals surface area (Å²) in [7, 11) is 0. The van der Waals surface area contributed by atoms with Gasteiger partial charge < -0.3 is 9.84 Å². The molecule has 1 N–H and O–H groups in total. The number of carbonyl (C=O) groups is 1. The van der Waals surface area contributed by atoms with Crippen molar-refractivity contribution in [2.45, 2.75) is 33.2 Å². The molecular weight excluding hydrogens is 530 g/mol. The zero-order valence-electron chi connectivity index (χ0n) is 20.0. The normalized spacial score (nSPS) is 14.7. The minimum atomic E-state index is -0.616. The van der Waals surface area contributed by atoms with Crippen molar-refractivity contribution in [1.82, 2.24) is 19.7 Å². The van der Waals surface area contributed by atoms with Crippen LogP contribution in [-0.2, 0) is 4.79 Å². The first-order valence-corrected chi connectivity index (χ1v) is 13.5. The lowest BCUT2D eigenvalue weighted by atomic mass is 9.99. The van der Waals surface area contributed by atoms with E-state index in [2.05, 4.69) is 29.0 Å². The number of hydrogen-bond acceptors (Lipinski definition) is 9. The Labute approximate surface area is 224 Å². The van der Waals surface area contributed by atoms with Gasteiger partial charge in [0.1, 0.15) is 22.6 Å². The van der Waals surface area contributed by atoms with Gasteiger partial charge in [-0.25, -0.2) is 4.98 Å².